The molecule has 0 saturated carbocycles. The number of pyridine rings is 1. The Morgan fingerprint density at radius 2 is 2.36 bits per heavy atom. The molecule has 1 aromatic heterocycles. The van der Waals surface area contributed by atoms with Crippen LogP contribution in [0, 0.1) is 5.41 Å². The molecular weight excluding hydrogens is 306 g/mol. The van der Waals surface area contributed by atoms with E-state index in [0.717, 1.165) is 0 Å². The van der Waals surface area contributed by atoms with E-state index in [1.54, 1.807) is 13.1 Å². The van der Waals surface area contributed by atoms with E-state index < -0.39 is 15.4 Å². The minimum absolute atomic E-state index is 0.147. The van der Waals surface area contributed by atoms with Gasteiger partial charge in [-0.15, -0.1) is 0 Å². The van der Waals surface area contributed by atoms with E-state index in [2.05, 4.69) is 10.3 Å². The molecule has 0 spiro atoms. The first-order valence-corrected chi connectivity index (χ1v) is 8.69. The van der Waals surface area contributed by atoms with Gasteiger partial charge in [0.25, 0.3) is 0 Å². The van der Waals surface area contributed by atoms with Crippen molar-refractivity contribution in [1.82, 2.24) is 14.6 Å². The Hall–Kier alpha value is -1.51. The van der Waals surface area contributed by atoms with Crippen LogP contribution in [0.1, 0.15) is 12.8 Å². The van der Waals surface area contributed by atoms with Gasteiger partial charge in [0.2, 0.25) is 15.9 Å². The summed E-state index contributed by atoms with van der Waals surface area (Å²) in [4.78, 5) is 16.4. The fourth-order valence-electron chi connectivity index (χ4n) is 3.33. The molecule has 2 saturated heterocycles. The molecule has 1 N–H and O–H groups in total. The first kappa shape index (κ1) is 15.4. The first-order valence-electron chi connectivity index (χ1n) is 7.25. The Bertz CT molecular complexity index is 664. The first-order chi connectivity index (χ1) is 10.5. The zero-order valence-electron chi connectivity index (χ0n) is 12.4. The van der Waals surface area contributed by atoms with Gasteiger partial charge in [-0.25, -0.2) is 8.42 Å². The van der Waals surface area contributed by atoms with Gasteiger partial charge in [-0.1, -0.05) is 0 Å². The van der Waals surface area contributed by atoms with Crippen molar-refractivity contribution in [3.05, 3.63) is 24.5 Å². The summed E-state index contributed by atoms with van der Waals surface area (Å²) < 4.78 is 32.5. The number of ether oxygens (including phenoxy) is 1. The van der Waals surface area contributed by atoms with Gasteiger partial charge in [0.15, 0.2) is 0 Å². The van der Waals surface area contributed by atoms with Gasteiger partial charge in [0.05, 0.1) is 11.5 Å². The molecule has 2 aliphatic heterocycles. The van der Waals surface area contributed by atoms with Crippen LogP contribution in [0.25, 0.3) is 0 Å². The Balaban J connectivity index is 1.93. The van der Waals surface area contributed by atoms with Crippen LogP contribution in [0.2, 0.25) is 0 Å². The number of rotatable bonds is 3. The summed E-state index contributed by atoms with van der Waals surface area (Å²) in [6.07, 6.45) is 3.71. The second-order valence-electron chi connectivity index (χ2n) is 5.66. The SMILES string of the molecule is CNC(=O)[C@]12CCO[C@H]1CCN(S(=O)(=O)c1cccnc1)C2. The molecule has 0 bridgehead atoms. The van der Waals surface area contributed by atoms with Crippen molar-refractivity contribution in [2.75, 3.05) is 26.7 Å². The normalized spacial score (nSPS) is 29.0. The van der Waals surface area contributed by atoms with Gasteiger partial charge in [0, 0.05) is 39.1 Å². The summed E-state index contributed by atoms with van der Waals surface area (Å²) in [7, 11) is -2.07. The van der Waals surface area contributed by atoms with Crippen LogP contribution in [-0.2, 0) is 19.6 Å². The molecular formula is C14H19N3O4S. The van der Waals surface area contributed by atoms with Gasteiger partial charge < -0.3 is 10.1 Å². The number of piperidine rings is 1. The number of hydrogen-bond acceptors (Lipinski definition) is 5. The van der Waals surface area contributed by atoms with Gasteiger partial charge in [-0.05, 0) is 25.0 Å². The molecule has 120 valence electrons. The Morgan fingerprint density at radius 1 is 1.55 bits per heavy atom. The second kappa shape index (κ2) is 5.60. The third kappa shape index (κ3) is 2.31. The Morgan fingerprint density at radius 3 is 3.05 bits per heavy atom. The molecule has 0 radical (unpaired) electrons. The predicted molar refractivity (Wildman–Crippen MR) is 78.5 cm³/mol. The maximum absolute atomic E-state index is 12.7. The van der Waals surface area contributed by atoms with E-state index in [4.69, 9.17) is 4.74 Å². The van der Waals surface area contributed by atoms with Crippen molar-refractivity contribution in [2.24, 2.45) is 5.41 Å². The van der Waals surface area contributed by atoms with Crippen LogP contribution in [0.3, 0.4) is 0 Å². The summed E-state index contributed by atoms with van der Waals surface area (Å²) in [5, 5.41) is 2.66. The molecule has 0 aromatic carbocycles. The molecule has 0 unspecified atom stereocenters. The largest absolute Gasteiger partial charge is 0.377 e. The maximum atomic E-state index is 12.7. The summed E-state index contributed by atoms with van der Waals surface area (Å²) in [6, 6.07) is 3.11. The van der Waals surface area contributed by atoms with Crippen molar-refractivity contribution < 1.29 is 17.9 Å². The predicted octanol–water partition coefficient (Wildman–Crippen LogP) is -0.00270. The number of amides is 1. The number of nitrogens with one attached hydrogen (secondary N) is 1. The van der Waals surface area contributed by atoms with Gasteiger partial charge in [-0.3, -0.25) is 9.78 Å². The molecule has 2 fully saturated rings. The van der Waals surface area contributed by atoms with E-state index in [1.165, 1.54) is 22.8 Å². The molecule has 3 rings (SSSR count). The van der Waals surface area contributed by atoms with E-state index in [-0.39, 0.29) is 23.5 Å². The molecule has 0 aliphatic carbocycles. The number of aromatic nitrogens is 1. The topological polar surface area (TPSA) is 88.6 Å². The highest BCUT2D eigenvalue weighted by Crippen LogP contribution is 2.42. The zero-order valence-corrected chi connectivity index (χ0v) is 13.2. The minimum atomic E-state index is -3.65. The average Bonchev–Trinajstić information content (AvgIpc) is 2.99. The smallest absolute Gasteiger partial charge is 0.244 e. The summed E-state index contributed by atoms with van der Waals surface area (Å²) in [6.45, 7) is 0.980. The number of sulfonamides is 1. The number of nitrogens with zero attached hydrogens (tertiary/aromatic N) is 2. The lowest BCUT2D eigenvalue weighted by atomic mass is 9.76. The highest BCUT2D eigenvalue weighted by molar-refractivity contribution is 7.89. The van der Waals surface area contributed by atoms with Crippen molar-refractivity contribution in [1.29, 1.82) is 0 Å². The summed E-state index contributed by atoms with van der Waals surface area (Å²) in [5.74, 6) is -0.152. The van der Waals surface area contributed by atoms with E-state index in [1.807, 2.05) is 0 Å². The van der Waals surface area contributed by atoms with Gasteiger partial charge >= 0.3 is 0 Å². The van der Waals surface area contributed by atoms with E-state index in [0.29, 0.717) is 26.0 Å². The summed E-state index contributed by atoms with van der Waals surface area (Å²) in [5.41, 5.74) is -0.789. The average molecular weight is 325 g/mol. The number of hydrogen-bond donors (Lipinski definition) is 1. The highest BCUT2D eigenvalue weighted by atomic mass is 32.2. The van der Waals surface area contributed by atoms with Gasteiger partial charge in [0.1, 0.15) is 4.90 Å². The van der Waals surface area contributed by atoms with Crippen molar-refractivity contribution in [2.45, 2.75) is 23.8 Å². The number of carbonyl (C=O) groups excluding carboxylic acids is 1. The third-order valence-corrected chi connectivity index (χ3v) is 6.36. The molecule has 2 aliphatic rings. The van der Waals surface area contributed by atoms with Crippen molar-refractivity contribution in [3.8, 4) is 0 Å². The lowest BCUT2D eigenvalue weighted by Crippen LogP contribution is -2.57. The molecule has 7 nitrogen and oxygen atoms in total. The van der Waals surface area contributed by atoms with E-state index >= 15 is 0 Å². The monoisotopic (exact) mass is 325 g/mol. The Labute approximate surface area is 129 Å². The standard InChI is InChI=1S/C14H19N3O4S/c1-15-13(18)14-5-8-21-12(14)4-7-17(10-14)22(19,20)11-3-2-6-16-9-11/h2-3,6,9,12H,4-5,7-8,10H2,1H3,(H,15,18)/t12-,14-/m0/s1. The van der Waals surface area contributed by atoms with Crippen LogP contribution >= 0.6 is 0 Å². The number of carbonyl (C=O) groups is 1. The van der Waals surface area contributed by atoms with Crippen LogP contribution in [0.4, 0.5) is 0 Å². The molecule has 1 aromatic rings. The maximum Gasteiger partial charge on any atom is 0.244 e. The second-order valence-corrected chi connectivity index (χ2v) is 7.60. The van der Waals surface area contributed by atoms with Crippen molar-refractivity contribution >= 4 is 15.9 Å². The quantitative estimate of drug-likeness (QED) is 0.845. The lowest BCUT2D eigenvalue weighted by molar-refractivity contribution is -0.136. The fraction of sp³-hybridized carbons (Fsp3) is 0.571. The molecule has 22 heavy (non-hydrogen) atoms. The van der Waals surface area contributed by atoms with Crippen LogP contribution < -0.4 is 5.32 Å². The minimum Gasteiger partial charge on any atom is -0.377 e. The zero-order chi connectivity index (χ0) is 15.8. The van der Waals surface area contributed by atoms with Gasteiger partial charge in [-0.2, -0.15) is 4.31 Å². The lowest BCUT2D eigenvalue weighted by Gasteiger charge is -2.41. The Kier molecular flexibility index (Phi) is 3.92. The van der Waals surface area contributed by atoms with Crippen molar-refractivity contribution in [3.63, 3.8) is 0 Å². The molecule has 8 heteroatoms. The van der Waals surface area contributed by atoms with Crippen LogP contribution in [-0.4, -0.2) is 56.5 Å². The van der Waals surface area contributed by atoms with Crippen LogP contribution in [0.15, 0.2) is 29.4 Å². The number of fused-ring (bicyclic) bond motifs is 1. The van der Waals surface area contributed by atoms with Crippen LogP contribution in [0.5, 0.6) is 0 Å². The third-order valence-electron chi connectivity index (χ3n) is 4.53. The summed E-state index contributed by atoms with van der Waals surface area (Å²) >= 11 is 0. The molecule has 1 amide bonds. The molecule has 3 heterocycles. The van der Waals surface area contributed by atoms with E-state index in [9.17, 15) is 13.2 Å². The fourth-order valence-corrected chi connectivity index (χ4v) is 4.82. The molecule has 2 atom stereocenters. The highest BCUT2D eigenvalue weighted by Gasteiger charge is 2.54.